The van der Waals surface area contributed by atoms with Crippen molar-refractivity contribution in [3.05, 3.63) is 51.6 Å². The summed E-state index contributed by atoms with van der Waals surface area (Å²) >= 11 is 6.30. The van der Waals surface area contributed by atoms with Gasteiger partial charge in [-0.25, -0.2) is 13.2 Å². The van der Waals surface area contributed by atoms with Crippen LogP contribution < -0.4 is 10.6 Å². The highest BCUT2D eigenvalue weighted by Crippen LogP contribution is 2.44. The largest absolute Gasteiger partial charge is 0.481 e. The van der Waals surface area contributed by atoms with Crippen LogP contribution in [0.4, 0.5) is 32.0 Å². The highest BCUT2D eigenvalue weighted by Gasteiger charge is 2.57. The van der Waals surface area contributed by atoms with Gasteiger partial charge >= 0.3 is 12.1 Å². The molecule has 1 aliphatic carbocycles. The third-order valence-electron chi connectivity index (χ3n) is 7.31. The molecule has 1 aliphatic heterocycles. The number of benzene rings is 1. The third-order valence-corrected chi connectivity index (χ3v) is 7.68. The van der Waals surface area contributed by atoms with Gasteiger partial charge in [0.25, 0.3) is 17.6 Å². The van der Waals surface area contributed by atoms with Crippen LogP contribution >= 0.6 is 11.6 Å². The number of amides is 2. The Kier molecular flexibility index (Phi) is 7.94. The lowest BCUT2D eigenvalue weighted by atomic mass is 9.74. The van der Waals surface area contributed by atoms with Crippen LogP contribution in [-0.4, -0.2) is 45.0 Å². The van der Waals surface area contributed by atoms with Crippen molar-refractivity contribution in [3.63, 3.8) is 0 Å². The maximum atomic E-state index is 14.1. The van der Waals surface area contributed by atoms with Gasteiger partial charge in [0.05, 0.1) is 10.6 Å². The lowest BCUT2D eigenvalue weighted by Crippen LogP contribution is -2.61. The molecule has 1 aromatic carbocycles. The van der Waals surface area contributed by atoms with Crippen molar-refractivity contribution in [2.24, 2.45) is 5.92 Å². The van der Waals surface area contributed by atoms with Crippen molar-refractivity contribution in [2.75, 3.05) is 5.32 Å². The number of carboxylic acids is 1. The second-order valence-corrected chi connectivity index (χ2v) is 10.2. The average molecular weight is 594 g/mol. The Bertz CT molecular complexity index is 1380. The Morgan fingerprint density at radius 2 is 1.68 bits per heavy atom. The SMILES string of the molecule is O=C(O)C[C@H]1CC[C@](NC(=O)C(=O)c2c(Cl)c(C(=O)Nc3cc(F)c(F)c(F)c3)c3n2CCC3)(C(F)(F)F)CC1. The molecule has 0 saturated heterocycles. The zero-order chi connectivity index (χ0) is 29.6. The first-order valence-corrected chi connectivity index (χ1v) is 12.5. The fraction of sp³-hybridized carbons (Fsp3) is 0.440. The normalized spacial score (nSPS) is 20.6. The molecule has 2 heterocycles. The number of carboxylic acid groups (broad SMARTS) is 1. The van der Waals surface area contributed by atoms with Crippen LogP contribution in [0.3, 0.4) is 0 Å². The Morgan fingerprint density at radius 3 is 2.23 bits per heavy atom. The molecule has 0 spiro atoms. The maximum Gasteiger partial charge on any atom is 0.411 e. The van der Waals surface area contributed by atoms with E-state index < -0.39 is 87.9 Å². The molecule has 4 rings (SSSR count). The number of Topliss-reactive ketones (excluding diaryl/α,β-unsaturated/α-hetero) is 1. The standard InChI is InChI=1S/C25H22ClF6N3O5/c26-18-17(22(39)33-12-9-13(27)19(29)14(28)10-12)15-2-1-7-35(15)20(18)21(38)23(40)34-24(25(30,31)32)5-3-11(4-6-24)8-16(36)37/h9-11H,1-8H2,(H,33,39)(H,34,40)(H,36,37)/t11-,24+. The molecule has 40 heavy (non-hydrogen) atoms. The molecule has 1 saturated carbocycles. The molecule has 3 N–H and O–H groups in total. The van der Waals surface area contributed by atoms with Gasteiger partial charge in [0.2, 0.25) is 0 Å². The Balaban J connectivity index is 1.60. The van der Waals surface area contributed by atoms with E-state index in [9.17, 15) is 45.5 Å². The van der Waals surface area contributed by atoms with Crippen LogP contribution in [-0.2, 0) is 22.6 Å². The van der Waals surface area contributed by atoms with E-state index in [4.69, 9.17) is 16.7 Å². The van der Waals surface area contributed by atoms with Gasteiger partial charge in [-0.1, -0.05) is 11.6 Å². The molecule has 2 amide bonds. The van der Waals surface area contributed by atoms with Crippen LogP contribution in [0.5, 0.6) is 0 Å². The van der Waals surface area contributed by atoms with Gasteiger partial charge in [0.1, 0.15) is 11.2 Å². The molecule has 0 unspecified atom stereocenters. The molecule has 0 atom stereocenters. The topological polar surface area (TPSA) is 118 Å². The van der Waals surface area contributed by atoms with Gasteiger partial charge in [-0.3, -0.25) is 19.2 Å². The van der Waals surface area contributed by atoms with Crippen LogP contribution in [0.2, 0.25) is 5.02 Å². The van der Waals surface area contributed by atoms with E-state index >= 15 is 0 Å². The molecule has 0 radical (unpaired) electrons. The van der Waals surface area contributed by atoms with Crippen LogP contribution in [0, 0.1) is 23.4 Å². The van der Waals surface area contributed by atoms with Crippen LogP contribution in [0.1, 0.15) is 65.1 Å². The predicted octanol–water partition coefficient (Wildman–Crippen LogP) is 5.02. The fourth-order valence-corrected chi connectivity index (χ4v) is 5.68. The first kappa shape index (κ1) is 29.4. The first-order chi connectivity index (χ1) is 18.6. The van der Waals surface area contributed by atoms with E-state index in [1.807, 2.05) is 0 Å². The number of fused-ring (bicyclic) bond motifs is 1. The molecule has 8 nitrogen and oxygen atoms in total. The fourth-order valence-electron chi connectivity index (χ4n) is 5.30. The van der Waals surface area contributed by atoms with Gasteiger partial charge in [-0.05, 0) is 44.4 Å². The average Bonchev–Trinajstić information content (AvgIpc) is 3.41. The second-order valence-electron chi connectivity index (χ2n) is 9.85. The zero-order valence-electron chi connectivity index (χ0n) is 20.6. The van der Waals surface area contributed by atoms with Crippen molar-refractivity contribution in [1.82, 2.24) is 9.88 Å². The molecule has 0 bridgehead atoms. The molecule has 1 fully saturated rings. The summed E-state index contributed by atoms with van der Waals surface area (Å²) in [6.07, 6.45) is -6.24. The zero-order valence-corrected chi connectivity index (χ0v) is 21.3. The summed E-state index contributed by atoms with van der Waals surface area (Å²) in [5.41, 5.74) is -3.89. The molecule has 2 aromatic rings. The second kappa shape index (κ2) is 10.8. The minimum atomic E-state index is -4.95. The minimum absolute atomic E-state index is 0.109. The number of anilines is 1. The molecule has 2 aliphatic rings. The van der Waals surface area contributed by atoms with Crippen LogP contribution in [0.15, 0.2) is 12.1 Å². The number of rotatable bonds is 7. The van der Waals surface area contributed by atoms with Crippen molar-refractivity contribution in [2.45, 2.75) is 63.2 Å². The van der Waals surface area contributed by atoms with E-state index in [1.165, 1.54) is 4.57 Å². The predicted molar refractivity (Wildman–Crippen MR) is 128 cm³/mol. The Hall–Kier alpha value is -3.55. The first-order valence-electron chi connectivity index (χ1n) is 12.2. The third kappa shape index (κ3) is 5.40. The van der Waals surface area contributed by atoms with E-state index in [1.54, 1.807) is 5.32 Å². The highest BCUT2D eigenvalue weighted by atomic mass is 35.5. The van der Waals surface area contributed by atoms with Gasteiger partial charge in [-0.2, -0.15) is 13.2 Å². The summed E-state index contributed by atoms with van der Waals surface area (Å²) in [5, 5.41) is 12.3. The molecule has 1 aromatic heterocycles. The summed E-state index contributed by atoms with van der Waals surface area (Å²) in [4.78, 5) is 50.0. The van der Waals surface area contributed by atoms with Gasteiger partial charge < -0.3 is 20.3 Å². The summed E-state index contributed by atoms with van der Waals surface area (Å²) in [7, 11) is 0. The Labute approximate surface area is 227 Å². The molecular weight excluding hydrogens is 572 g/mol. The van der Waals surface area contributed by atoms with E-state index in [2.05, 4.69) is 5.32 Å². The van der Waals surface area contributed by atoms with Crippen molar-refractivity contribution >= 4 is 40.9 Å². The number of halogens is 7. The van der Waals surface area contributed by atoms with E-state index in [-0.39, 0.29) is 43.5 Å². The molecule has 216 valence electrons. The van der Waals surface area contributed by atoms with Gasteiger partial charge in [0.15, 0.2) is 17.5 Å². The quantitative estimate of drug-likeness (QED) is 0.180. The number of carbonyl (C=O) groups is 4. The number of alkyl halides is 3. The van der Waals surface area contributed by atoms with Crippen LogP contribution in [0.25, 0.3) is 0 Å². The number of hydrogen-bond donors (Lipinski definition) is 3. The monoisotopic (exact) mass is 593 g/mol. The molecule has 15 heteroatoms. The number of hydrogen-bond acceptors (Lipinski definition) is 4. The smallest absolute Gasteiger partial charge is 0.411 e. The number of nitrogens with one attached hydrogen (secondary N) is 2. The van der Waals surface area contributed by atoms with Gasteiger partial charge in [-0.15, -0.1) is 0 Å². The Morgan fingerprint density at radius 1 is 1.07 bits per heavy atom. The lowest BCUT2D eigenvalue weighted by Gasteiger charge is -2.41. The highest BCUT2D eigenvalue weighted by molar-refractivity contribution is 6.48. The summed E-state index contributed by atoms with van der Waals surface area (Å²) in [6, 6.07) is 1.03. The molecular formula is C25H22ClF6N3O5. The van der Waals surface area contributed by atoms with Crippen molar-refractivity contribution in [3.8, 4) is 0 Å². The van der Waals surface area contributed by atoms with E-state index in [0.717, 1.165) is 0 Å². The number of carbonyl (C=O) groups excluding carboxylic acids is 3. The van der Waals surface area contributed by atoms with E-state index in [0.29, 0.717) is 18.6 Å². The maximum absolute atomic E-state index is 14.1. The van der Waals surface area contributed by atoms with Crippen molar-refractivity contribution in [1.29, 1.82) is 0 Å². The minimum Gasteiger partial charge on any atom is -0.481 e. The van der Waals surface area contributed by atoms with Gasteiger partial charge in [0, 0.05) is 36.5 Å². The number of nitrogens with zero attached hydrogens (tertiary/aromatic N) is 1. The summed E-state index contributed by atoms with van der Waals surface area (Å²) < 4.78 is 84.0. The summed E-state index contributed by atoms with van der Waals surface area (Å²) in [5.74, 6) is -10.7. The number of aromatic nitrogens is 1. The lowest BCUT2D eigenvalue weighted by molar-refractivity contribution is -0.208. The number of ketones is 1. The van der Waals surface area contributed by atoms with Crippen molar-refractivity contribution < 1.29 is 50.6 Å². The number of aliphatic carboxylic acids is 1. The summed E-state index contributed by atoms with van der Waals surface area (Å²) in [6.45, 7) is 0.109.